The Bertz CT molecular complexity index is 798. The minimum atomic E-state index is 0.150. The highest BCUT2D eigenvalue weighted by atomic mass is 32.2. The normalized spacial score (nSPS) is 13.4. The molecule has 0 spiro atoms. The monoisotopic (exact) mass is 346 g/mol. The van der Waals surface area contributed by atoms with Crippen LogP contribution < -0.4 is 0 Å². The van der Waals surface area contributed by atoms with Gasteiger partial charge in [0.05, 0.1) is 21.9 Å². The molecule has 4 nitrogen and oxygen atoms in total. The van der Waals surface area contributed by atoms with Gasteiger partial charge in [0.15, 0.2) is 0 Å². The fourth-order valence-corrected chi connectivity index (χ4v) is 4.34. The van der Waals surface area contributed by atoms with Crippen molar-refractivity contribution in [1.82, 2.24) is 20.4 Å². The van der Waals surface area contributed by atoms with Crippen LogP contribution in [-0.2, 0) is 0 Å². The average molecular weight is 346 g/mol. The van der Waals surface area contributed by atoms with Crippen molar-refractivity contribution in [3.63, 3.8) is 0 Å². The summed E-state index contributed by atoms with van der Waals surface area (Å²) >= 11 is 1.87. The van der Waals surface area contributed by atoms with Crippen LogP contribution in [-0.4, -0.2) is 20.4 Å². The van der Waals surface area contributed by atoms with Gasteiger partial charge in [-0.1, -0.05) is 60.7 Å². The zero-order chi connectivity index (χ0) is 16.9. The van der Waals surface area contributed by atoms with E-state index in [1.807, 2.05) is 36.0 Å². The number of hydrogen-bond acceptors (Lipinski definition) is 3. The van der Waals surface area contributed by atoms with E-state index in [-0.39, 0.29) is 10.5 Å². The number of hydrogen-bond donors (Lipinski definition) is 2. The molecule has 2 heterocycles. The lowest BCUT2D eigenvalue weighted by Crippen LogP contribution is -2.04. The summed E-state index contributed by atoms with van der Waals surface area (Å²) in [5.74, 6) is 0. The first-order chi connectivity index (χ1) is 12.4. The van der Waals surface area contributed by atoms with Crippen LogP contribution in [0.1, 0.15) is 33.0 Å². The molecule has 0 aliphatic heterocycles. The lowest BCUT2D eigenvalue weighted by atomic mass is 10.1. The van der Waals surface area contributed by atoms with Gasteiger partial charge in [0.2, 0.25) is 0 Å². The van der Waals surface area contributed by atoms with Gasteiger partial charge in [0.1, 0.15) is 0 Å². The first kappa shape index (κ1) is 15.7. The lowest BCUT2D eigenvalue weighted by molar-refractivity contribution is 0.955. The summed E-state index contributed by atoms with van der Waals surface area (Å²) in [6.07, 6.45) is 3.61. The SMILES string of the molecule is c1ccc(C(SC(c2ccccc2)c2ccn[nH]2)c2ccn[nH]2)cc1. The lowest BCUT2D eigenvalue weighted by Gasteiger charge is -2.22. The molecule has 2 N–H and O–H groups in total. The summed E-state index contributed by atoms with van der Waals surface area (Å²) in [6, 6.07) is 25.1. The van der Waals surface area contributed by atoms with Gasteiger partial charge in [-0.25, -0.2) is 0 Å². The van der Waals surface area contributed by atoms with Crippen LogP contribution in [0.25, 0.3) is 0 Å². The number of nitrogens with one attached hydrogen (secondary N) is 2. The number of thioether (sulfide) groups is 1. The van der Waals surface area contributed by atoms with Crippen LogP contribution in [0.3, 0.4) is 0 Å². The Labute approximate surface area is 150 Å². The van der Waals surface area contributed by atoms with Gasteiger partial charge in [-0.2, -0.15) is 10.2 Å². The molecule has 5 heteroatoms. The molecule has 0 saturated carbocycles. The fraction of sp³-hybridized carbons (Fsp3) is 0.100. The van der Waals surface area contributed by atoms with E-state index in [9.17, 15) is 0 Å². The highest BCUT2D eigenvalue weighted by Crippen LogP contribution is 2.46. The van der Waals surface area contributed by atoms with Gasteiger partial charge in [-0.05, 0) is 23.3 Å². The Kier molecular flexibility index (Phi) is 4.65. The minimum absolute atomic E-state index is 0.150. The zero-order valence-electron chi connectivity index (χ0n) is 13.5. The van der Waals surface area contributed by atoms with Gasteiger partial charge in [-0.15, -0.1) is 11.8 Å². The van der Waals surface area contributed by atoms with E-state index in [2.05, 4.69) is 68.9 Å². The first-order valence-electron chi connectivity index (χ1n) is 8.16. The molecule has 2 unspecified atom stereocenters. The maximum absolute atomic E-state index is 4.15. The zero-order valence-corrected chi connectivity index (χ0v) is 14.4. The predicted octanol–water partition coefficient (Wildman–Crippen LogP) is 4.75. The van der Waals surface area contributed by atoms with E-state index < -0.39 is 0 Å². The van der Waals surface area contributed by atoms with E-state index >= 15 is 0 Å². The summed E-state index contributed by atoms with van der Waals surface area (Å²) in [5.41, 5.74) is 4.68. The predicted molar refractivity (Wildman–Crippen MR) is 101 cm³/mol. The van der Waals surface area contributed by atoms with Crippen molar-refractivity contribution >= 4 is 11.8 Å². The third-order valence-electron chi connectivity index (χ3n) is 4.09. The van der Waals surface area contributed by atoms with Crippen molar-refractivity contribution < 1.29 is 0 Å². The molecule has 4 aromatic rings. The van der Waals surface area contributed by atoms with Crippen molar-refractivity contribution in [3.8, 4) is 0 Å². The van der Waals surface area contributed by atoms with E-state index in [4.69, 9.17) is 0 Å². The molecular formula is C20H18N4S. The molecule has 0 bridgehead atoms. The molecule has 4 rings (SSSR count). The number of H-pyrrole nitrogens is 2. The second-order valence-corrected chi connectivity index (χ2v) is 6.96. The number of aromatic amines is 2. The molecule has 124 valence electrons. The van der Waals surface area contributed by atoms with Gasteiger partial charge in [0.25, 0.3) is 0 Å². The smallest absolute Gasteiger partial charge is 0.0723 e. The van der Waals surface area contributed by atoms with Crippen molar-refractivity contribution in [2.45, 2.75) is 10.5 Å². The molecule has 0 aliphatic rings. The molecule has 0 saturated heterocycles. The largest absolute Gasteiger partial charge is 0.281 e. The topological polar surface area (TPSA) is 57.4 Å². The Hall–Kier alpha value is -2.79. The first-order valence-corrected chi connectivity index (χ1v) is 9.10. The van der Waals surface area contributed by atoms with Crippen LogP contribution in [0.15, 0.2) is 85.2 Å². The molecular weight excluding hydrogens is 328 g/mol. The van der Waals surface area contributed by atoms with Crippen LogP contribution in [0.2, 0.25) is 0 Å². The third kappa shape index (κ3) is 3.51. The van der Waals surface area contributed by atoms with Crippen LogP contribution in [0.5, 0.6) is 0 Å². The average Bonchev–Trinajstić information content (AvgIpc) is 3.38. The van der Waals surface area contributed by atoms with Crippen molar-refractivity contribution in [2.24, 2.45) is 0 Å². The Morgan fingerprint density at radius 3 is 1.40 bits per heavy atom. The molecule has 0 fully saturated rings. The van der Waals surface area contributed by atoms with Crippen LogP contribution >= 0.6 is 11.8 Å². The Morgan fingerprint density at radius 1 is 0.600 bits per heavy atom. The highest BCUT2D eigenvalue weighted by Gasteiger charge is 2.24. The standard InChI is InChI=1S/C20H18N4S/c1-3-7-15(8-4-1)19(17-11-13-21-23-17)25-20(18-12-14-22-24-18)16-9-5-2-6-10-16/h1-14,19-20H,(H,21,23)(H,22,24). The van der Waals surface area contributed by atoms with E-state index in [1.54, 1.807) is 12.4 Å². The van der Waals surface area contributed by atoms with Crippen molar-refractivity contribution in [3.05, 3.63) is 108 Å². The van der Waals surface area contributed by atoms with Crippen molar-refractivity contribution in [2.75, 3.05) is 0 Å². The minimum Gasteiger partial charge on any atom is -0.281 e. The summed E-state index contributed by atoms with van der Waals surface area (Å²) < 4.78 is 0. The van der Waals surface area contributed by atoms with Gasteiger partial charge >= 0.3 is 0 Å². The van der Waals surface area contributed by atoms with E-state index in [0.717, 1.165) is 11.4 Å². The quantitative estimate of drug-likeness (QED) is 0.530. The molecule has 2 aromatic carbocycles. The summed E-state index contributed by atoms with van der Waals surface area (Å²) in [4.78, 5) is 0. The summed E-state index contributed by atoms with van der Waals surface area (Å²) in [5, 5.41) is 14.9. The van der Waals surface area contributed by atoms with Crippen LogP contribution in [0, 0.1) is 0 Å². The molecule has 2 atom stereocenters. The molecule has 0 aliphatic carbocycles. The van der Waals surface area contributed by atoms with Crippen molar-refractivity contribution in [1.29, 1.82) is 0 Å². The number of rotatable bonds is 6. The fourth-order valence-electron chi connectivity index (χ4n) is 2.88. The maximum Gasteiger partial charge on any atom is 0.0723 e. The summed E-state index contributed by atoms with van der Waals surface area (Å²) in [6.45, 7) is 0. The van der Waals surface area contributed by atoms with E-state index in [1.165, 1.54) is 11.1 Å². The number of nitrogens with zero attached hydrogens (tertiary/aromatic N) is 2. The summed E-state index contributed by atoms with van der Waals surface area (Å²) in [7, 11) is 0. The van der Waals surface area contributed by atoms with Crippen LogP contribution in [0.4, 0.5) is 0 Å². The van der Waals surface area contributed by atoms with E-state index in [0.29, 0.717) is 0 Å². The highest BCUT2D eigenvalue weighted by molar-refractivity contribution is 8.00. The Balaban J connectivity index is 1.74. The van der Waals surface area contributed by atoms with Gasteiger partial charge in [0, 0.05) is 12.4 Å². The van der Waals surface area contributed by atoms with Gasteiger partial charge < -0.3 is 0 Å². The Morgan fingerprint density at radius 2 is 1.04 bits per heavy atom. The second-order valence-electron chi connectivity index (χ2n) is 5.74. The number of aromatic nitrogens is 4. The maximum atomic E-state index is 4.15. The molecule has 0 amide bonds. The van der Waals surface area contributed by atoms with Gasteiger partial charge in [-0.3, -0.25) is 10.2 Å². The molecule has 0 radical (unpaired) electrons. The number of benzene rings is 2. The molecule has 25 heavy (non-hydrogen) atoms. The second kappa shape index (κ2) is 7.40. The molecule has 2 aromatic heterocycles. The third-order valence-corrected chi connectivity index (χ3v) is 5.68.